The number of carbonyl (C=O) groups excluding carboxylic acids is 2. The molecule has 1 saturated heterocycles. The summed E-state index contributed by atoms with van der Waals surface area (Å²) >= 11 is 0. The van der Waals surface area contributed by atoms with Gasteiger partial charge in [0.2, 0.25) is 0 Å². The number of hydrogen-bond acceptors (Lipinski definition) is 4. The number of piperidine rings is 1. The number of benzene rings is 2. The molecule has 4 rings (SSSR count). The molecule has 5 nitrogen and oxygen atoms in total. The van der Waals surface area contributed by atoms with Crippen LogP contribution in [0.25, 0.3) is 10.8 Å². The number of nitrogens with one attached hydrogen (secondary N) is 1. The third kappa shape index (κ3) is 2.89. The molecule has 2 heterocycles. The fraction of sp³-hybridized carbons (Fsp3) is 0.478. The van der Waals surface area contributed by atoms with Crippen LogP contribution in [0.4, 0.5) is 5.69 Å². The van der Waals surface area contributed by atoms with Crippen molar-refractivity contribution in [2.75, 3.05) is 19.0 Å². The first-order valence-corrected chi connectivity index (χ1v) is 9.91. The van der Waals surface area contributed by atoms with Gasteiger partial charge in [0.25, 0.3) is 11.8 Å². The highest BCUT2D eigenvalue weighted by Gasteiger charge is 2.45. The number of anilines is 1. The molecule has 2 aliphatic rings. The average molecular weight is 380 g/mol. The van der Waals surface area contributed by atoms with Gasteiger partial charge in [-0.1, -0.05) is 12.1 Å². The second kappa shape index (κ2) is 6.05. The Labute approximate surface area is 166 Å². The average Bonchev–Trinajstić information content (AvgIpc) is 2.56. The highest BCUT2D eigenvalue weighted by Crippen LogP contribution is 2.39. The van der Waals surface area contributed by atoms with Crippen molar-refractivity contribution in [2.24, 2.45) is 0 Å². The van der Waals surface area contributed by atoms with E-state index in [1.54, 1.807) is 0 Å². The summed E-state index contributed by atoms with van der Waals surface area (Å²) in [5, 5.41) is 5.37. The van der Waals surface area contributed by atoms with Crippen LogP contribution in [0.1, 0.15) is 61.3 Å². The summed E-state index contributed by atoms with van der Waals surface area (Å²) in [6, 6.07) is 9.48. The lowest BCUT2D eigenvalue weighted by Gasteiger charge is -2.49. The van der Waals surface area contributed by atoms with Crippen molar-refractivity contribution in [2.45, 2.75) is 57.7 Å². The molecule has 148 valence electrons. The summed E-state index contributed by atoms with van der Waals surface area (Å²) < 4.78 is 0. The van der Waals surface area contributed by atoms with E-state index >= 15 is 0 Å². The van der Waals surface area contributed by atoms with Crippen molar-refractivity contribution in [1.82, 2.24) is 10.2 Å². The van der Waals surface area contributed by atoms with Gasteiger partial charge in [-0.2, -0.15) is 0 Å². The first kappa shape index (κ1) is 18.9. The molecule has 2 aromatic rings. The van der Waals surface area contributed by atoms with Crippen molar-refractivity contribution in [3.63, 3.8) is 0 Å². The standard InChI is InChI=1S/C23H29N3O2/c1-22(2)12-14(13-23(3,4)24-22)26-20(27)16-9-7-8-15-18(25(5)6)11-10-17(19(15)16)21(26)28/h7-11,14,24H,12-13H2,1-6H3. The third-order valence-electron chi connectivity index (χ3n) is 5.93. The molecule has 2 amide bonds. The van der Waals surface area contributed by atoms with Crippen LogP contribution in [0.15, 0.2) is 30.3 Å². The van der Waals surface area contributed by atoms with Gasteiger partial charge in [-0.25, -0.2) is 0 Å². The molecule has 0 radical (unpaired) electrons. The van der Waals surface area contributed by atoms with Gasteiger partial charge in [-0.05, 0) is 58.7 Å². The third-order valence-corrected chi connectivity index (χ3v) is 5.93. The molecule has 0 saturated carbocycles. The van der Waals surface area contributed by atoms with Gasteiger partial charge in [0.1, 0.15) is 0 Å². The number of amides is 2. The zero-order valence-electron chi connectivity index (χ0n) is 17.6. The van der Waals surface area contributed by atoms with E-state index < -0.39 is 0 Å². The van der Waals surface area contributed by atoms with Crippen molar-refractivity contribution >= 4 is 28.3 Å². The molecular formula is C23H29N3O2. The predicted octanol–water partition coefficient (Wildman–Crippen LogP) is 3.81. The first-order chi connectivity index (χ1) is 13.0. The maximum Gasteiger partial charge on any atom is 0.261 e. The van der Waals surface area contributed by atoms with E-state index in [0.29, 0.717) is 11.1 Å². The number of nitrogens with zero attached hydrogens (tertiary/aromatic N) is 2. The monoisotopic (exact) mass is 379 g/mol. The van der Waals surface area contributed by atoms with Crippen LogP contribution in [-0.4, -0.2) is 47.9 Å². The van der Waals surface area contributed by atoms with E-state index in [-0.39, 0.29) is 28.9 Å². The van der Waals surface area contributed by atoms with Gasteiger partial charge in [-0.15, -0.1) is 0 Å². The van der Waals surface area contributed by atoms with Crippen LogP contribution < -0.4 is 10.2 Å². The molecule has 0 aliphatic carbocycles. The number of hydrogen-bond donors (Lipinski definition) is 1. The van der Waals surface area contributed by atoms with E-state index in [0.717, 1.165) is 29.3 Å². The Morgan fingerprint density at radius 1 is 0.929 bits per heavy atom. The maximum absolute atomic E-state index is 13.5. The Hall–Kier alpha value is -2.40. The zero-order chi connectivity index (χ0) is 20.4. The molecule has 28 heavy (non-hydrogen) atoms. The number of carbonyl (C=O) groups is 2. The normalized spacial score (nSPS) is 21.3. The van der Waals surface area contributed by atoms with Crippen LogP contribution >= 0.6 is 0 Å². The lowest BCUT2D eigenvalue weighted by atomic mass is 9.78. The Balaban J connectivity index is 1.85. The highest BCUT2D eigenvalue weighted by atomic mass is 16.2. The van der Waals surface area contributed by atoms with Gasteiger partial charge in [0, 0.05) is 58.8 Å². The fourth-order valence-electron chi connectivity index (χ4n) is 5.27. The summed E-state index contributed by atoms with van der Waals surface area (Å²) in [5.74, 6) is -0.338. The van der Waals surface area contributed by atoms with Crippen molar-refractivity contribution in [1.29, 1.82) is 0 Å². The van der Waals surface area contributed by atoms with Gasteiger partial charge in [0.15, 0.2) is 0 Å². The van der Waals surface area contributed by atoms with Crippen molar-refractivity contribution in [3.05, 3.63) is 41.5 Å². The molecule has 1 fully saturated rings. The quantitative estimate of drug-likeness (QED) is 0.806. The van der Waals surface area contributed by atoms with Crippen molar-refractivity contribution in [3.8, 4) is 0 Å². The Bertz CT molecular complexity index is 953. The lowest BCUT2D eigenvalue weighted by molar-refractivity contribution is 0.0370. The number of imide groups is 1. The van der Waals surface area contributed by atoms with Crippen LogP contribution in [0, 0.1) is 0 Å². The molecule has 0 atom stereocenters. The molecule has 2 aromatic carbocycles. The number of rotatable bonds is 2. The molecule has 5 heteroatoms. The van der Waals surface area contributed by atoms with Gasteiger partial charge >= 0.3 is 0 Å². The van der Waals surface area contributed by atoms with Crippen molar-refractivity contribution < 1.29 is 9.59 Å². The zero-order valence-corrected chi connectivity index (χ0v) is 17.6. The van der Waals surface area contributed by atoms with Gasteiger partial charge in [0.05, 0.1) is 0 Å². The summed E-state index contributed by atoms with van der Waals surface area (Å²) in [7, 11) is 3.95. The molecule has 1 N–H and O–H groups in total. The summed E-state index contributed by atoms with van der Waals surface area (Å²) in [6.07, 6.45) is 1.49. The molecule has 0 spiro atoms. The van der Waals surface area contributed by atoms with E-state index in [9.17, 15) is 9.59 Å². The Kier molecular flexibility index (Phi) is 4.09. The maximum atomic E-state index is 13.5. The van der Waals surface area contributed by atoms with Crippen LogP contribution in [-0.2, 0) is 0 Å². The minimum absolute atomic E-state index is 0.122. The van der Waals surface area contributed by atoms with Crippen LogP contribution in [0.3, 0.4) is 0 Å². The van der Waals surface area contributed by atoms with Gasteiger partial charge in [-0.3, -0.25) is 14.5 Å². The largest absolute Gasteiger partial charge is 0.377 e. The van der Waals surface area contributed by atoms with E-state index in [2.05, 4.69) is 33.0 Å². The second-order valence-corrected chi connectivity index (χ2v) is 9.69. The lowest BCUT2D eigenvalue weighted by Crippen LogP contribution is -2.63. The summed E-state index contributed by atoms with van der Waals surface area (Å²) in [6.45, 7) is 8.55. The molecule has 0 unspecified atom stereocenters. The van der Waals surface area contributed by atoms with E-state index in [1.807, 2.05) is 49.3 Å². The van der Waals surface area contributed by atoms with Crippen LogP contribution in [0.5, 0.6) is 0 Å². The Morgan fingerprint density at radius 3 is 2.07 bits per heavy atom. The molecule has 0 bridgehead atoms. The Morgan fingerprint density at radius 2 is 1.50 bits per heavy atom. The molecule has 0 aromatic heterocycles. The topological polar surface area (TPSA) is 52.7 Å². The minimum Gasteiger partial charge on any atom is -0.377 e. The highest BCUT2D eigenvalue weighted by molar-refractivity contribution is 6.27. The minimum atomic E-state index is -0.169. The first-order valence-electron chi connectivity index (χ1n) is 9.91. The summed E-state index contributed by atoms with van der Waals surface area (Å²) in [5.41, 5.74) is 1.98. The summed E-state index contributed by atoms with van der Waals surface area (Å²) in [4.78, 5) is 30.5. The SMILES string of the molecule is CN(C)c1ccc2c3c(cccc13)C(=O)N(C1CC(C)(C)NC(C)(C)C1)C2=O. The van der Waals surface area contributed by atoms with Crippen LogP contribution in [0.2, 0.25) is 0 Å². The smallest absolute Gasteiger partial charge is 0.261 e. The predicted molar refractivity (Wildman–Crippen MR) is 113 cm³/mol. The molecular weight excluding hydrogens is 350 g/mol. The van der Waals surface area contributed by atoms with Gasteiger partial charge < -0.3 is 10.2 Å². The van der Waals surface area contributed by atoms with E-state index in [4.69, 9.17) is 0 Å². The van der Waals surface area contributed by atoms with E-state index in [1.165, 1.54) is 4.90 Å². The fourth-order valence-corrected chi connectivity index (χ4v) is 5.27. The second-order valence-electron chi connectivity index (χ2n) is 9.69. The molecule has 2 aliphatic heterocycles.